The molecule has 0 saturated carbocycles. The number of thiophene rings is 1. The largest absolute Gasteiger partial charge is 0.364 e. The molecule has 3 heterocycles. The molecule has 0 atom stereocenters. The van der Waals surface area contributed by atoms with E-state index in [9.17, 15) is 10.1 Å². The number of rotatable bonds is 7. The second-order valence-electron chi connectivity index (χ2n) is 5.28. The molecule has 0 bridgehead atoms. The molecule has 0 fully saturated rings. The molecule has 9 heteroatoms. The lowest BCUT2D eigenvalue weighted by Gasteiger charge is -2.09. The predicted octanol–water partition coefficient (Wildman–Crippen LogP) is 3.55. The number of nitrogens with zero attached hydrogens (tertiary/aromatic N) is 4. The second kappa shape index (κ2) is 7.67. The molecular formula is C16H16N6O2S. The van der Waals surface area contributed by atoms with Crippen molar-refractivity contribution in [3.63, 3.8) is 0 Å². The maximum atomic E-state index is 11.5. The van der Waals surface area contributed by atoms with Gasteiger partial charge in [0.2, 0.25) is 11.6 Å². The summed E-state index contributed by atoms with van der Waals surface area (Å²) < 4.78 is 0. The van der Waals surface area contributed by atoms with E-state index in [0.29, 0.717) is 12.4 Å². The van der Waals surface area contributed by atoms with E-state index in [4.69, 9.17) is 0 Å². The number of nitrogens with one attached hydrogen (secondary N) is 2. The van der Waals surface area contributed by atoms with Crippen molar-refractivity contribution < 1.29 is 4.92 Å². The number of pyridine rings is 1. The van der Waals surface area contributed by atoms with Gasteiger partial charge in [-0.1, -0.05) is 12.1 Å². The molecular weight excluding hydrogens is 340 g/mol. The quantitative estimate of drug-likeness (QED) is 0.492. The van der Waals surface area contributed by atoms with Gasteiger partial charge in [-0.3, -0.25) is 10.1 Å². The van der Waals surface area contributed by atoms with Gasteiger partial charge in [-0.15, -0.1) is 11.3 Å². The zero-order valence-electron chi connectivity index (χ0n) is 13.5. The van der Waals surface area contributed by atoms with E-state index in [-0.39, 0.29) is 17.3 Å². The van der Waals surface area contributed by atoms with Gasteiger partial charge in [0.25, 0.3) is 0 Å². The Morgan fingerprint density at radius 3 is 2.72 bits per heavy atom. The molecule has 0 aromatic carbocycles. The number of nitro groups is 1. The minimum absolute atomic E-state index is 0.106. The third-order valence-corrected chi connectivity index (χ3v) is 4.34. The van der Waals surface area contributed by atoms with E-state index in [2.05, 4.69) is 25.6 Å². The molecule has 128 valence electrons. The zero-order chi connectivity index (χ0) is 17.6. The monoisotopic (exact) mass is 356 g/mol. The van der Waals surface area contributed by atoms with Crippen LogP contribution in [0, 0.1) is 17.0 Å². The summed E-state index contributed by atoms with van der Waals surface area (Å²) in [4.78, 5) is 24.4. The first kappa shape index (κ1) is 16.8. The molecule has 0 saturated heterocycles. The van der Waals surface area contributed by atoms with E-state index < -0.39 is 4.92 Å². The van der Waals surface area contributed by atoms with Gasteiger partial charge in [0.15, 0.2) is 0 Å². The van der Waals surface area contributed by atoms with Crippen LogP contribution >= 0.6 is 11.3 Å². The van der Waals surface area contributed by atoms with E-state index in [1.54, 1.807) is 23.6 Å². The highest BCUT2D eigenvalue weighted by atomic mass is 32.1. The molecule has 25 heavy (non-hydrogen) atoms. The zero-order valence-corrected chi connectivity index (χ0v) is 14.3. The fraction of sp³-hybridized carbons (Fsp3) is 0.188. The average Bonchev–Trinajstić information content (AvgIpc) is 3.10. The summed E-state index contributed by atoms with van der Waals surface area (Å²) in [5.74, 6) is 0.776. The number of aryl methyl sites for hydroxylation is 1. The van der Waals surface area contributed by atoms with Crippen LogP contribution in [0.15, 0.2) is 42.2 Å². The molecule has 3 rings (SSSR count). The molecule has 0 radical (unpaired) electrons. The number of hydrogen-bond donors (Lipinski definition) is 2. The molecule has 3 aromatic heterocycles. The highest BCUT2D eigenvalue weighted by Crippen LogP contribution is 2.30. The Bertz CT molecular complexity index is 852. The lowest BCUT2D eigenvalue weighted by Crippen LogP contribution is -2.10. The van der Waals surface area contributed by atoms with Crippen LogP contribution < -0.4 is 10.6 Å². The van der Waals surface area contributed by atoms with Crippen molar-refractivity contribution in [2.24, 2.45) is 0 Å². The van der Waals surface area contributed by atoms with Crippen LogP contribution in [-0.4, -0.2) is 26.4 Å². The number of anilines is 3. The Morgan fingerprint density at radius 1 is 1.20 bits per heavy atom. The van der Waals surface area contributed by atoms with Crippen LogP contribution in [0.25, 0.3) is 0 Å². The molecule has 0 unspecified atom stereocenters. The number of aromatic nitrogens is 3. The maximum absolute atomic E-state index is 11.5. The van der Waals surface area contributed by atoms with Gasteiger partial charge in [-0.25, -0.2) is 15.0 Å². The smallest absolute Gasteiger partial charge is 0.353 e. The fourth-order valence-electron chi connectivity index (χ4n) is 2.19. The van der Waals surface area contributed by atoms with Crippen LogP contribution in [0.5, 0.6) is 0 Å². The summed E-state index contributed by atoms with van der Waals surface area (Å²) in [6.07, 6.45) is 3.73. The van der Waals surface area contributed by atoms with Crippen LogP contribution in [-0.2, 0) is 6.42 Å². The van der Waals surface area contributed by atoms with Gasteiger partial charge in [0.1, 0.15) is 12.1 Å². The van der Waals surface area contributed by atoms with Crippen molar-refractivity contribution in [2.75, 3.05) is 17.2 Å². The third kappa shape index (κ3) is 4.27. The van der Waals surface area contributed by atoms with Gasteiger partial charge in [0, 0.05) is 17.6 Å². The van der Waals surface area contributed by atoms with Gasteiger partial charge >= 0.3 is 5.69 Å². The fourth-order valence-corrected chi connectivity index (χ4v) is 2.90. The summed E-state index contributed by atoms with van der Waals surface area (Å²) in [5.41, 5.74) is 0.801. The molecule has 2 N–H and O–H groups in total. The van der Waals surface area contributed by atoms with E-state index >= 15 is 0 Å². The van der Waals surface area contributed by atoms with Gasteiger partial charge in [0.05, 0.1) is 4.92 Å². The molecule has 0 amide bonds. The topological polar surface area (TPSA) is 106 Å². The minimum atomic E-state index is -0.496. The van der Waals surface area contributed by atoms with Crippen LogP contribution in [0.1, 0.15) is 10.4 Å². The normalized spacial score (nSPS) is 10.4. The standard InChI is InChI=1S/C16H16N6O2S/c1-11-4-5-13(18-9-11)21-16-14(22(23)24)15(19-10-20-16)17-7-6-12-3-2-8-25-12/h2-5,8-10H,6-7H2,1H3,(H2,17,18,19,20,21). The third-order valence-electron chi connectivity index (χ3n) is 3.41. The molecule has 0 spiro atoms. The van der Waals surface area contributed by atoms with Crippen molar-refractivity contribution in [1.29, 1.82) is 0 Å². The summed E-state index contributed by atoms with van der Waals surface area (Å²) in [6, 6.07) is 7.61. The van der Waals surface area contributed by atoms with Crippen LogP contribution in [0.4, 0.5) is 23.1 Å². The SMILES string of the molecule is Cc1ccc(Nc2ncnc(NCCc3cccs3)c2[N+](=O)[O-])nc1. The molecule has 3 aromatic rings. The highest BCUT2D eigenvalue weighted by Gasteiger charge is 2.23. The Hall–Kier alpha value is -3.07. The van der Waals surface area contributed by atoms with Crippen molar-refractivity contribution in [3.8, 4) is 0 Å². The summed E-state index contributed by atoms with van der Waals surface area (Å²) in [6.45, 7) is 2.46. The van der Waals surface area contributed by atoms with Gasteiger partial charge in [-0.05, 0) is 36.4 Å². The maximum Gasteiger partial charge on any atom is 0.353 e. The minimum Gasteiger partial charge on any atom is -0.364 e. The lowest BCUT2D eigenvalue weighted by molar-refractivity contribution is -0.383. The van der Waals surface area contributed by atoms with Gasteiger partial charge in [-0.2, -0.15) is 0 Å². The van der Waals surface area contributed by atoms with E-state index in [1.807, 2.05) is 30.5 Å². The first-order valence-electron chi connectivity index (χ1n) is 7.59. The molecule has 0 aliphatic rings. The molecule has 8 nitrogen and oxygen atoms in total. The van der Waals surface area contributed by atoms with Crippen molar-refractivity contribution in [1.82, 2.24) is 15.0 Å². The van der Waals surface area contributed by atoms with E-state index in [1.165, 1.54) is 11.2 Å². The lowest BCUT2D eigenvalue weighted by atomic mass is 10.3. The first-order valence-corrected chi connectivity index (χ1v) is 8.47. The predicted molar refractivity (Wildman–Crippen MR) is 97.5 cm³/mol. The summed E-state index contributed by atoms with van der Waals surface area (Å²) >= 11 is 1.65. The molecule has 0 aliphatic heterocycles. The Balaban J connectivity index is 1.78. The van der Waals surface area contributed by atoms with Crippen molar-refractivity contribution in [3.05, 3.63) is 62.7 Å². The van der Waals surface area contributed by atoms with Crippen LogP contribution in [0.3, 0.4) is 0 Å². The van der Waals surface area contributed by atoms with E-state index in [0.717, 1.165) is 12.0 Å². The summed E-state index contributed by atoms with van der Waals surface area (Å²) in [5, 5.41) is 19.4. The highest BCUT2D eigenvalue weighted by molar-refractivity contribution is 7.09. The Kier molecular flexibility index (Phi) is 5.14. The van der Waals surface area contributed by atoms with Crippen LogP contribution in [0.2, 0.25) is 0 Å². The van der Waals surface area contributed by atoms with Crippen molar-refractivity contribution in [2.45, 2.75) is 13.3 Å². The molecule has 0 aliphatic carbocycles. The first-order chi connectivity index (χ1) is 12.1. The second-order valence-corrected chi connectivity index (χ2v) is 6.31. The van der Waals surface area contributed by atoms with Gasteiger partial charge < -0.3 is 10.6 Å². The summed E-state index contributed by atoms with van der Waals surface area (Å²) in [7, 11) is 0. The van der Waals surface area contributed by atoms with Crippen molar-refractivity contribution >= 4 is 34.5 Å². The number of hydrogen-bond acceptors (Lipinski definition) is 8. The Morgan fingerprint density at radius 2 is 2.04 bits per heavy atom. The average molecular weight is 356 g/mol. The Labute approximate surface area is 148 Å².